The average Bonchev–Trinajstić information content (AvgIpc) is 3.10. The molecular formula is C19H25N3O4. The van der Waals surface area contributed by atoms with E-state index >= 15 is 0 Å². The molecule has 1 amide bonds. The fourth-order valence-electron chi connectivity index (χ4n) is 4.59. The summed E-state index contributed by atoms with van der Waals surface area (Å²) in [6, 6.07) is 3.83. The lowest BCUT2D eigenvalue weighted by Gasteiger charge is -2.46. The number of hydrogen-bond donors (Lipinski definition) is 0. The van der Waals surface area contributed by atoms with E-state index in [0.29, 0.717) is 23.2 Å². The largest absolute Gasteiger partial charge is 0.493 e. The highest BCUT2D eigenvalue weighted by Gasteiger charge is 2.50. The van der Waals surface area contributed by atoms with Crippen molar-refractivity contribution in [1.29, 1.82) is 0 Å². The quantitative estimate of drug-likeness (QED) is 0.823. The second kappa shape index (κ2) is 6.46. The Bertz CT molecular complexity index is 730. The molecule has 1 aromatic carbocycles. The molecule has 0 spiro atoms. The smallest absolute Gasteiger partial charge is 0.240 e. The van der Waals surface area contributed by atoms with Crippen LogP contribution in [0.4, 0.5) is 0 Å². The summed E-state index contributed by atoms with van der Waals surface area (Å²) in [5, 5.41) is 6.39. The van der Waals surface area contributed by atoms with Gasteiger partial charge in [-0.05, 0) is 43.6 Å². The van der Waals surface area contributed by atoms with Gasteiger partial charge in [-0.15, -0.1) is 0 Å². The Hall–Kier alpha value is -2.28. The van der Waals surface area contributed by atoms with E-state index in [1.807, 2.05) is 12.1 Å². The highest BCUT2D eigenvalue weighted by molar-refractivity contribution is 5.97. The summed E-state index contributed by atoms with van der Waals surface area (Å²) in [7, 11) is 4.80. The van der Waals surface area contributed by atoms with Crippen molar-refractivity contribution in [3.05, 3.63) is 17.7 Å². The number of hydrogen-bond acceptors (Lipinski definition) is 6. The Morgan fingerprint density at radius 3 is 2.15 bits per heavy atom. The van der Waals surface area contributed by atoms with Crippen molar-refractivity contribution < 1.29 is 19.0 Å². The molecule has 4 aliphatic heterocycles. The number of ether oxygens (including phenoxy) is 3. The maximum atomic E-state index is 12.4. The van der Waals surface area contributed by atoms with Gasteiger partial charge < -0.3 is 14.2 Å². The lowest BCUT2D eigenvalue weighted by molar-refractivity contribution is -0.131. The van der Waals surface area contributed by atoms with Gasteiger partial charge in [0.25, 0.3) is 0 Å². The number of amides is 1. The zero-order valence-corrected chi connectivity index (χ0v) is 15.7. The minimum absolute atomic E-state index is 0.0498. The van der Waals surface area contributed by atoms with Crippen LogP contribution >= 0.6 is 0 Å². The molecule has 1 aromatic rings. The molecule has 0 saturated carbocycles. The lowest BCUT2D eigenvalue weighted by atomic mass is 9.78. The van der Waals surface area contributed by atoms with Crippen LogP contribution in [0.25, 0.3) is 0 Å². The van der Waals surface area contributed by atoms with Crippen molar-refractivity contribution in [3.8, 4) is 17.2 Å². The summed E-state index contributed by atoms with van der Waals surface area (Å²) in [4.78, 5) is 14.8. The number of rotatable bonds is 4. The molecular weight excluding hydrogens is 334 g/mol. The Kier molecular flexibility index (Phi) is 4.26. The molecule has 7 heteroatoms. The van der Waals surface area contributed by atoms with Gasteiger partial charge in [0.05, 0.1) is 33.1 Å². The van der Waals surface area contributed by atoms with Gasteiger partial charge in [0.2, 0.25) is 11.7 Å². The molecule has 3 fully saturated rings. The minimum atomic E-state index is -0.167. The number of methoxy groups -OCH3 is 3. The van der Waals surface area contributed by atoms with E-state index in [1.54, 1.807) is 33.3 Å². The van der Waals surface area contributed by atoms with Crippen molar-refractivity contribution >= 4 is 11.6 Å². The van der Waals surface area contributed by atoms with Gasteiger partial charge >= 0.3 is 0 Å². The van der Waals surface area contributed by atoms with Gasteiger partial charge in [-0.2, -0.15) is 5.10 Å². The van der Waals surface area contributed by atoms with Gasteiger partial charge in [0.15, 0.2) is 11.5 Å². The maximum Gasteiger partial charge on any atom is 0.240 e. The van der Waals surface area contributed by atoms with E-state index in [4.69, 9.17) is 19.3 Å². The maximum absolute atomic E-state index is 12.4. The van der Waals surface area contributed by atoms with Gasteiger partial charge in [0.1, 0.15) is 6.04 Å². The summed E-state index contributed by atoms with van der Waals surface area (Å²) >= 11 is 0. The van der Waals surface area contributed by atoms with Gasteiger partial charge in [-0.3, -0.25) is 9.69 Å². The number of fused-ring (bicyclic) bond motifs is 2. The summed E-state index contributed by atoms with van der Waals surface area (Å²) in [5.74, 6) is 2.17. The van der Waals surface area contributed by atoms with Crippen LogP contribution in [0.3, 0.4) is 0 Å². The van der Waals surface area contributed by atoms with Gasteiger partial charge in [0, 0.05) is 12.8 Å². The highest BCUT2D eigenvalue weighted by atomic mass is 16.5. The van der Waals surface area contributed by atoms with Crippen LogP contribution in [0, 0.1) is 5.92 Å². The molecule has 4 heterocycles. The fourth-order valence-corrected chi connectivity index (χ4v) is 4.59. The number of carbonyl (C=O) groups excluding carboxylic acids is 1. The van der Waals surface area contributed by atoms with Crippen molar-refractivity contribution in [2.75, 3.05) is 34.4 Å². The third-order valence-electron chi connectivity index (χ3n) is 5.78. The Labute approximate surface area is 153 Å². The van der Waals surface area contributed by atoms with Crippen LogP contribution in [0.15, 0.2) is 17.2 Å². The highest BCUT2D eigenvalue weighted by Crippen LogP contribution is 2.47. The van der Waals surface area contributed by atoms with E-state index in [0.717, 1.165) is 37.2 Å². The van der Waals surface area contributed by atoms with Crippen LogP contribution in [0.5, 0.6) is 17.2 Å². The predicted molar refractivity (Wildman–Crippen MR) is 96.9 cm³/mol. The number of piperidine rings is 3. The molecule has 0 aromatic heterocycles. The Morgan fingerprint density at radius 1 is 1.04 bits per heavy atom. The summed E-state index contributed by atoms with van der Waals surface area (Å²) < 4.78 is 16.5. The van der Waals surface area contributed by atoms with Crippen molar-refractivity contribution in [2.45, 2.75) is 31.8 Å². The van der Waals surface area contributed by atoms with E-state index in [-0.39, 0.29) is 18.0 Å². The molecule has 2 bridgehead atoms. The van der Waals surface area contributed by atoms with E-state index in [9.17, 15) is 4.79 Å². The number of hydrazone groups is 1. The molecule has 2 atom stereocenters. The normalized spacial score (nSPS) is 29.2. The lowest BCUT2D eigenvalue weighted by Crippen LogP contribution is -2.56. The van der Waals surface area contributed by atoms with Crippen LogP contribution in [-0.2, 0) is 4.79 Å². The van der Waals surface area contributed by atoms with E-state index < -0.39 is 0 Å². The van der Waals surface area contributed by atoms with Crippen LogP contribution in [0.1, 0.15) is 31.4 Å². The first-order valence-electron chi connectivity index (χ1n) is 9.01. The Morgan fingerprint density at radius 2 is 1.65 bits per heavy atom. The van der Waals surface area contributed by atoms with Crippen LogP contribution < -0.4 is 14.2 Å². The molecule has 5 rings (SSSR count). The zero-order chi connectivity index (χ0) is 18.4. The molecule has 26 heavy (non-hydrogen) atoms. The van der Waals surface area contributed by atoms with Gasteiger partial charge in [-0.25, -0.2) is 5.01 Å². The first-order chi connectivity index (χ1) is 12.6. The molecule has 0 aliphatic carbocycles. The molecule has 0 N–H and O–H groups in total. The molecule has 3 saturated heterocycles. The molecule has 4 aliphatic rings. The summed E-state index contributed by atoms with van der Waals surface area (Å²) in [6.45, 7) is 3.69. The number of carbonyl (C=O) groups is 1. The molecule has 7 nitrogen and oxygen atoms in total. The summed E-state index contributed by atoms with van der Waals surface area (Å²) in [5.41, 5.74) is 2.10. The SMILES string of the molecule is COc1cc([C@H]2[C@@H]3C(=NN2C(C)=O)C2CCN3CC2)cc(OC)c1OC. The van der Waals surface area contributed by atoms with E-state index in [1.165, 1.54) is 0 Å². The first-order valence-corrected chi connectivity index (χ1v) is 9.01. The topological polar surface area (TPSA) is 63.6 Å². The fraction of sp³-hybridized carbons (Fsp3) is 0.579. The number of benzene rings is 1. The van der Waals surface area contributed by atoms with Crippen molar-refractivity contribution in [1.82, 2.24) is 9.91 Å². The zero-order valence-electron chi connectivity index (χ0n) is 15.7. The van der Waals surface area contributed by atoms with Crippen LogP contribution in [0.2, 0.25) is 0 Å². The van der Waals surface area contributed by atoms with Crippen molar-refractivity contribution in [3.63, 3.8) is 0 Å². The monoisotopic (exact) mass is 359 g/mol. The predicted octanol–water partition coefficient (Wildman–Crippen LogP) is 2.07. The molecule has 0 unspecified atom stereocenters. The van der Waals surface area contributed by atoms with Crippen LogP contribution in [-0.4, -0.2) is 62.0 Å². The second-order valence-corrected chi connectivity index (χ2v) is 7.05. The number of nitrogens with zero attached hydrogens (tertiary/aromatic N) is 3. The van der Waals surface area contributed by atoms with Crippen molar-refractivity contribution in [2.24, 2.45) is 11.0 Å². The summed E-state index contributed by atoms with van der Waals surface area (Å²) in [6.07, 6.45) is 2.26. The third kappa shape index (κ3) is 2.45. The first kappa shape index (κ1) is 17.1. The van der Waals surface area contributed by atoms with Gasteiger partial charge in [-0.1, -0.05) is 0 Å². The molecule has 140 valence electrons. The second-order valence-electron chi connectivity index (χ2n) is 7.05. The minimum Gasteiger partial charge on any atom is -0.493 e. The average molecular weight is 359 g/mol. The van der Waals surface area contributed by atoms with E-state index in [2.05, 4.69) is 4.90 Å². The standard InChI is InChI=1S/C19H25N3O4/c1-11(23)22-17(18-16(20-22)12-5-7-21(18)8-6-12)13-9-14(24-2)19(26-4)15(10-13)25-3/h9-10,12,17-18H,5-8H2,1-4H3/t17-,18-/m0/s1. The third-order valence-corrected chi connectivity index (χ3v) is 5.78. The molecule has 0 radical (unpaired) electrons. The Balaban J connectivity index is 1.82.